The molecule has 0 saturated carbocycles. The Balaban J connectivity index is 1.87. The van der Waals surface area contributed by atoms with Crippen LogP contribution in [0.2, 0.25) is 0 Å². The summed E-state index contributed by atoms with van der Waals surface area (Å²) < 4.78 is 13.7. The molecule has 2 aromatic rings. The molecule has 0 atom stereocenters. The number of nitrogens with zero attached hydrogens (tertiary/aromatic N) is 1. The first-order valence-corrected chi connectivity index (χ1v) is 6.88. The summed E-state index contributed by atoms with van der Waals surface area (Å²) in [5.74, 6) is -0.863. The first-order chi connectivity index (χ1) is 10.1. The summed E-state index contributed by atoms with van der Waals surface area (Å²) in [5.41, 5.74) is 1.96. The smallest absolute Gasteiger partial charge is 0.254 e. The summed E-state index contributed by atoms with van der Waals surface area (Å²) in [6.07, 6.45) is 0. The minimum atomic E-state index is -0.482. The van der Waals surface area contributed by atoms with Gasteiger partial charge in [0, 0.05) is 25.8 Å². The van der Waals surface area contributed by atoms with Crippen molar-refractivity contribution in [1.29, 1.82) is 0 Å². The predicted octanol–water partition coefficient (Wildman–Crippen LogP) is 3.00. The molecule has 0 aliphatic heterocycles. The van der Waals surface area contributed by atoms with Crippen LogP contribution in [0.1, 0.15) is 15.9 Å². The fourth-order valence-corrected chi connectivity index (χ4v) is 2.05. The molecule has 0 fully saturated rings. The van der Waals surface area contributed by atoms with Crippen LogP contribution in [-0.4, -0.2) is 26.0 Å². The third-order valence-electron chi connectivity index (χ3n) is 3.30. The number of nitrogens with one attached hydrogen (secondary N) is 1. The molecule has 0 saturated heterocycles. The van der Waals surface area contributed by atoms with Gasteiger partial charge in [-0.2, -0.15) is 0 Å². The molecule has 0 aliphatic rings. The van der Waals surface area contributed by atoms with Gasteiger partial charge in [0.25, 0.3) is 5.91 Å². The normalized spacial score (nSPS) is 10.2. The van der Waals surface area contributed by atoms with Gasteiger partial charge >= 0.3 is 0 Å². The van der Waals surface area contributed by atoms with Crippen molar-refractivity contribution in [2.24, 2.45) is 0 Å². The van der Waals surface area contributed by atoms with E-state index in [2.05, 4.69) is 5.32 Å². The van der Waals surface area contributed by atoms with Crippen LogP contribution in [0.15, 0.2) is 48.5 Å². The van der Waals surface area contributed by atoms with Crippen LogP contribution >= 0.6 is 0 Å². The van der Waals surface area contributed by atoms with E-state index in [-0.39, 0.29) is 11.5 Å². The average molecular weight is 286 g/mol. The van der Waals surface area contributed by atoms with Crippen LogP contribution in [0, 0.1) is 12.7 Å². The molecule has 0 heterocycles. The summed E-state index contributed by atoms with van der Waals surface area (Å²) >= 11 is 0. The second-order valence-corrected chi connectivity index (χ2v) is 5.00. The monoisotopic (exact) mass is 286 g/mol. The van der Waals surface area contributed by atoms with E-state index < -0.39 is 5.82 Å². The molecule has 1 amide bonds. The zero-order valence-corrected chi connectivity index (χ0v) is 12.3. The molecule has 2 rings (SSSR count). The molecule has 0 spiro atoms. The highest BCUT2D eigenvalue weighted by molar-refractivity contribution is 5.94. The van der Waals surface area contributed by atoms with Crippen molar-refractivity contribution in [3.63, 3.8) is 0 Å². The number of hydrogen-bond acceptors (Lipinski definition) is 2. The number of benzene rings is 2. The summed E-state index contributed by atoms with van der Waals surface area (Å²) in [6, 6.07) is 14.5. The Kier molecular flexibility index (Phi) is 4.93. The van der Waals surface area contributed by atoms with E-state index in [0.29, 0.717) is 13.1 Å². The van der Waals surface area contributed by atoms with E-state index in [0.717, 1.165) is 11.3 Å². The second kappa shape index (κ2) is 6.88. The van der Waals surface area contributed by atoms with E-state index in [4.69, 9.17) is 0 Å². The van der Waals surface area contributed by atoms with Crippen LogP contribution in [-0.2, 0) is 0 Å². The zero-order valence-electron chi connectivity index (χ0n) is 12.3. The zero-order chi connectivity index (χ0) is 15.2. The highest BCUT2D eigenvalue weighted by Crippen LogP contribution is 2.11. The average Bonchev–Trinajstić information content (AvgIpc) is 2.47. The molecule has 4 heteroatoms. The second-order valence-electron chi connectivity index (χ2n) is 5.00. The summed E-state index contributed by atoms with van der Waals surface area (Å²) in [5, 5.41) is 2.74. The van der Waals surface area contributed by atoms with Crippen molar-refractivity contribution >= 4 is 11.6 Å². The topological polar surface area (TPSA) is 32.3 Å². The minimum absolute atomic E-state index is 0.0861. The van der Waals surface area contributed by atoms with Crippen molar-refractivity contribution in [2.75, 3.05) is 25.0 Å². The van der Waals surface area contributed by atoms with Crippen molar-refractivity contribution < 1.29 is 9.18 Å². The van der Waals surface area contributed by atoms with Gasteiger partial charge in [-0.25, -0.2) is 4.39 Å². The Hall–Kier alpha value is -2.36. The molecule has 0 bridgehead atoms. The van der Waals surface area contributed by atoms with Crippen molar-refractivity contribution in [3.05, 3.63) is 65.5 Å². The molecular weight excluding hydrogens is 267 g/mol. The highest BCUT2D eigenvalue weighted by Gasteiger charge is 2.11. The number of carbonyl (C=O) groups is 1. The number of aryl methyl sites for hydroxylation is 1. The lowest BCUT2D eigenvalue weighted by Crippen LogP contribution is -2.33. The Labute approximate surface area is 124 Å². The van der Waals surface area contributed by atoms with Crippen molar-refractivity contribution in [2.45, 2.75) is 6.92 Å². The summed E-state index contributed by atoms with van der Waals surface area (Å²) in [4.78, 5) is 14.0. The van der Waals surface area contributed by atoms with E-state index in [1.165, 1.54) is 12.1 Å². The first kappa shape index (κ1) is 15.0. The van der Waals surface area contributed by atoms with Gasteiger partial charge in [0.2, 0.25) is 0 Å². The number of rotatable bonds is 5. The van der Waals surface area contributed by atoms with Gasteiger partial charge in [0.15, 0.2) is 0 Å². The van der Waals surface area contributed by atoms with Gasteiger partial charge in [0.1, 0.15) is 5.82 Å². The van der Waals surface area contributed by atoms with Crippen LogP contribution < -0.4 is 10.2 Å². The van der Waals surface area contributed by atoms with Crippen LogP contribution in [0.3, 0.4) is 0 Å². The van der Waals surface area contributed by atoms with Gasteiger partial charge in [-0.15, -0.1) is 0 Å². The maximum absolute atomic E-state index is 13.7. The molecule has 3 nitrogen and oxygen atoms in total. The molecule has 2 aromatic carbocycles. The van der Waals surface area contributed by atoms with Crippen LogP contribution in [0.4, 0.5) is 10.1 Å². The van der Waals surface area contributed by atoms with E-state index >= 15 is 0 Å². The van der Waals surface area contributed by atoms with Crippen LogP contribution in [0.25, 0.3) is 0 Å². The lowest BCUT2D eigenvalue weighted by molar-refractivity contribution is 0.0950. The van der Waals surface area contributed by atoms with Gasteiger partial charge in [-0.1, -0.05) is 24.3 Å². The van der Waals surface area contributed by atoms with E-state index in [1.54, 1.807) is 13.0 Å². The van der Waals surface area contributed by atoms with Gasteiger partial charge in [-0.05, 0) is 36.8 Å². The Morgan fingerprint density at radius 1 is 1.19 bits per heavy atom. The number of hydrogen-bond donors (Lipinski definition) is 1. The maximum Gasteiger partial charge on any atom is 0.254 e. The Bertz CT molecular complexity index is 613. The molecule has 0 aliphatic carbocycles. The number of anilines is 1. The minimum Gasteiger partial charge on any atom is -0.373 e. The number of halogens is 1. The van der Waals surface area contributed by atoms with E-state index in [9.17, 15) is 9.18 Å². The van der Waals surface area contributed by atoms with Crippen LogP contribution in [0.5, 0.6) is 0 Å². The molecule has 21 heavy (non-hydrogen) atoms. The summed E-state index contributed by atoms with van der Waals surface area (Å²) in [7, 11) is 1.95. The number of likely N-dealkylation sites (N-methyl/N-ethyl adjacent to an activating group) is 1. The SMILES string of the molecule is Cc1ccc(C(=O)NCCN(C)c2ccccc2)c(F)c1. The first-order valence-electron chi connectivity index (χ1n) is 6.88. The largest absolute Gasteiger partial charge is 0.373 e. The number of amides is 1. The number of carbonyl (C=O) groups excluding carboxylic acids is 1. The molecular formula is C17H19FN2O. The maximum atomic E-state index is 13.7. The lowest BCUT2D eigenvalue weighted by atomic mass is 10.1. The molecule has 0 unspecified atom stereocenters. The predicted molar refractivity (Wildman–Crippen MR) is 83.2 cm³/mol. The Morgan fingerprint density at radius 3 is 2.57 bits per heavy atom. The highest BCUT2D eigenvalue weighted by atomic mass is 19.1. The fourth-order valence-electron chi connectivity index (χ4n) is 2.05. The van der Waals surface area contributed by atoms with Gasteiger partial charge in [0.05, 0.1) is 5.56 Å². The quantitative estimate of drug-likeness (QED) is 0.916. The van der Waals surface area contributed by atoms with Gasteiger partial charge < -0.3 is 10.2 Å². The van der Waals surface area contributed by atoms with Gasteiger partial charge in [-0.3, -0.25) is 4.79 Å². The Morgan fingerprint density at radius 2 is 1.90 bits per heavy atom. The third kappa shape index (κ3) is 4.05. The summed E-state index contributed by atoms with van der Waals surface area (Å²) in [6.45, 7) is 2.90. The lowest BCUT2D eigenvalue weighted by Gasteiger charge is -2.19. The van der Waals surface area contributed by atoms with E-state index in [1.807, 2.05) is 42.3 Å². The molecule has 110 valence electrons. The third-order valence-corrected chi connectivity index (χ3v) is 3.30. The molecule has 1 N–H and O–H groups in total. The molecule has 0 radical (unpaired) electrons. The van der Waals surface area contributed by atoms with Crippen molar-refractivity contribution in [1.82, 2.24) is 5.32 Å². The standard InChI is InChI=1S/C17H19FN2O/c1-13-8-9-15(16(18)12-13)17(21)19-10-11-20(2)14-6-4-3-5-7-14/h3-9,12H,10-11H2,1-2H3,(H,19,21). The fraction of sp³-hybridized carbons (Fsp3) is 0.235. The van der Waals surface area contributed by atoms with Crippen molar-refractivity contribution in [3.8, 4) is 0 Å². The number of para-hydroxylation sites is 1. The molecule has 0 aromatic heterocycles.